The Morgan fingerprint density at radius 1 is 1.40 bits per heavy atom. The van der Waals surface area contributed by atoms with Crippen molar-refractivity contribution in [1.29, 1.82) is 0 Å². The Kier molecular flexibility index (Phi) is 4.49. The lowest BCUT2D eigenvalue weighted by Crippen LogP contribution is -2.57. The molecule has 1 unspecified atom stereocenters. The van der Waals surface area contributed by atoms with Gasteiger partial charge in [0.25, 0.3) is 5.91 Å². The first kappa shape index (κ1) is 14.7. The van der Waals surface area contributed by atoms with E-state index < -0.39 is 6.10 Å². The number of carbonyl (C=O) groups excluding carboxylic acids is 2. The van der Waals surface area contributed by atoms with E-state index in [0.717, 1.165) is 0 Å². The molecule has 6 heteroatoms. The van der Waals surface area contributed by atoms with Gasteiger partial charge in [0.15, 0.2) is 6.10 Å². The van der Waals surface area contributed by atoms with Gasteiger partial charge in [-0.1, -0.05) is 23.7 Å². The van der Waals surface area contributed by atoms with Crippen LogP contribution in [0.3, 0.4) is 0 Å². The molecule has 0 radical (unpaired) electrons. The SMILES string of the molecule is CNC(=O)C1CN(C(=O)C(C)Oc2ccccc2Cl)C1. The number of amides is 2. The summed E-state index contributed by atoms with van der Waals surface area (Å²) >= 11 is 5.98. The number of carbonyl (C=O) groups is 2. The molecule has 0 aromatic heterocycles. The van der Waals surface area contributed by atoms with Gasteiger partial charge >= 0.3 is 0 Å². The van der Waals surface area contributed by atoms with Crippen LogP contribution >= 0.6 is 11.6 Å². The zero-order valence-electron chi connectivity index (χ0n) is 11.4. The summed E-state index contributed by atoms with van der Waals surface area (Å²) in [6, 6.07) is 7.02. The number of nitrogens with one attached hydrogen (secondary N) is 1. The van der Waals surface area contributed by atoms with Crippen LogP contribution in [-0.2, 0) is 9.59 Å². The number of para-hydroxylation sites is 1. The van der Waals surface area contributed by atoms with Crippen LogP contribution in [0.1, 0.15) is 6.92 Å². The molecule has 20 heavy (non-hydrogen) atoms. The fraction of sp³-hybridized carbons (Fsp3) is 0.429. The van der Waals surface area contributed by atoms with Crippen molar-refractivity contribution in [3.63, 3.8) is 0 Å². The van der Waals surface area contributed by atoms with Crippen LogP contribution in [0, 0.1) is 5.92 Å². The van der Waals surface area contributed by atoms with Crippen molar-refractivity contribution in [3.05, 3.63) is 29.3 Å². The molecule has 1 atom stereocenters. The molecule has 2 rings (SSSR count). The fourth-order valence-corrected chi connectivity index (χ4v) is 2.25. The van der Waals surface area contributed by atoms with Crippen LogP contribution in [0.25, 0.3) is 0 Å². The number of hydrogen-bond donors (Lipinski definition) is 1. The van der Waals surface area contributed by atoms with Gasteiger partial charge in [-0.05, 0) is 19.1 Å². The van der Waals surface area contributed by atoms with Crippen LogP contribution in [0.15, 0.2) is 24.3 Å². The third-order valence-corrected chi connectivity index (χ3v) is 3.61. The Labute approximate surface area is 122 Å². The monoisotopic (exact) mass is 296 g/mol. The molecular formula is C14H17ClN2O3. The normalized spacial score (nSPS) is 16.2. The highest BCUT2D eigenvalue weighted by Gasteiger charge is 2.37. The van der Waals surface area contributed by atoms with Gasteiger partial charge in [0, 0.05) is 20.1 Å². The minimum Gasteiger partial charge on any atom is -0.479 e. The maximum absolute atomic E-state index is 12.1. The van der Waals surface area contributed by atoms with Gasteiger partial charge in [0.1, 0.15) is 5.75 Å². The molecule has 1 aliphatic rings. The number of nitrogens with zero attached hydrogens (tertiary/aromatic N) is 1. The summed E-state index contributed by atoms with van der Waals surface area (Å²) in [5.41, 5.74) is 0. The lowest BCUT2D eigenvalue weighted by molar-refractivity contribution is -0.148. The highest BCUT2D eigenvalue weighted by molar-refractivity contribution is 6.32. The van der Waals surface area contributed by atoms with E-state index in [9.17, 15) is 9.59 Å². The summed E-state index contributed by atoms with van der Waals surface area (Å²) < 4.78 is 5.56. The minimum atomic E-state index is -0.625. The van der Waals surface area contributed by atoms with Crippen molar-refractivity contribution in [2.45, 2.75) is 13.0 Å². The lowest BCUT2D eigenvalue weighted by atomic mass is 9.98. The van der Waals surface area contributed by atoms with Gasteiger partial charge in [-0.25, -0.2) is 0 Å². The van der Waals surface area contributed by atoms with Crippen molar-refractivity contribution in [2.24, 2.45) is 5.92 Å². The van der Waals surface area contributed by atoms with Crippen LogP contribution in [0.2, 0.25) is 5.02 Å². The first-order valence-corrected chi connectivity index (χ1v) is 6.82. The molecule has 0 bridgehead atoms. The van der Waals surface area contributed by atoms with E-state index in [2.05, 4.69) is 5.32 Å². The number of likely N-dealkylation sites (tertiary alicyclic amines) is 1. The first-order valence-electron chi connectivity index (χ1n) is 6.44. The Balaban J connectivity index is 1.88. The average molecular weight is 297 g/mol. The van der Waals surface area contributed by atoms with Crippen LogP contribution in [-0.4, -0.2) is 43.0 Å². The Hall–Kier alpha value is -1.75. The second kappa shape index (κ2) is 6.13. The fourth-order valence-electron chi connectivity index (χ4n) is 2.07. The van der Waals surface area contributed by atoms with Gasteiger partial charge in [-0.15, -0.1) is 0 Å². The highest BCUT2D eigenvalue weighted by Crippen LogP contribution is 2.25. The number of rotatable bonds is 4. The molecule has 0 aliphatic carbocycles. The quantitative estimate of drug-likeness (QED) is 0.911. The third kappa shape index (κ3) is 3.04. The number of halogens is 1. The lowest BCUT2D eigenvalue weighted by Gasteiger charge is -2.39. The molecule has 1 aromatic rings. The molecule has 5 nitrogen and oxygen atoms in total. The summed E-state index contributed by atoms with van der Waals surface area (Å²) in [6.45, 7) is 2.56. The molecule has 2 amide bonds. The van der Waals surface area contributed by atoms with E-state index in [0.29, 0.717) is 23.9 Å². The van der Waals surface area contributed by atoms with Crippen molar-refractivity contribution >= 4 is 23.4 Å². The molecule has 1 N–H and O–H groups in total. The number of hydrogen-bond acceptors (Lipinski definition) is 3. The molecule has 1 aliphatic heterocycles. The molecular weight excluding hydrogens is 280 g/mol. The second-order valence-electron chi connectivity index (χ2n) is 4.74. The van der Waals surface area contributed by atoms with Crippen LogP contribution in [0.4, 0.5) is 0 Å². The number of ether oxygens (including phenoxy) is 1. The summed E-state index contributed by atoms with van der Waals surface area (Å²) in [5, 5.41) is 3.05. The predicted molar refractivity (Wildman–Crippen MR) is 75.7 cm³/mol. The molecule has 108 valence electrons. The van der Waals surface area contributed by atoms with E-state index in [4.69, 9.17) is 16.3 Å². The minimum absolute atomic E-state index is 0.0336. The summed E-state index contributed by atoms with van der Waals surface area (Å²) in [4.78, 5) is 25.1. The van der Waals surface area contributed by atoms with Crippen molar-refractivity contribution in [3.8, 4) is 5.75 Å². The summed E-state index contributed by atoms with van der Waals surface area (Å²) in [7, 11) is 1.59. The molecule has 0 saturated carbocycles. The Morgan fingerprint density at radius 2 is 2.05 bits per heavy atom. The topological polar surface area (TPSA) is 58.6 Å². The number of benzene rings is 1. The smallest absolute Gasteiger partial charge is 0.263 e. The molecule has 1 saturated heterocycles. The predicted octanol–water partition coefficient (Wildman–Crippen LogP) is 1.31. The van der Waals surface area contributed by atoms with E-state index in [1.807, 2.05) is 0 Å². The van der Waals surface area contributed by atoms with E-state index >= 15 is 0 Å². The average Bonchev–Trinajstić information content (AvgIpc) is 2.39. The third-order valence-electron chi connectivity index (χ3n) is 3.30. The van der Waals surface area contributed by atoms with Crippen molar-refractivity contribution in [1.82, 2.24) is 10.2 Å². The standard InChI is InChI=1S/C14H17ClN2O3/c1-9(20-12-6-4-3-5-11(12)15)14(19)17-7-10(8-17)13(18)16-2/h3-6,9-10H,7-8H2,1-2H3,(H,16,18). The van der Waals surface area contributed by atoms with E-state index in [1.165, 1.54) is 0 Å². The van der Waals surface area contributed by atoms with Crippen LogP contribution < -0.4 is 10.1 Å². The second-order valence-corrected chi connectivity index (χ2v) is 5.15. The van der Waals surface area contributed by atoms with Gasteiger partial charge < -0.3 is 15.0 Å². The molecule has 0 spiro atoms. The van der Waals surface area contributed by atoms with Gasteiger partial charge in [0.2, 0.25) is 5.91 Å². The zero-order valence-corrected chi connectivity index (χ0v) is 12.2. The maximum atomic E-state index is 12.1. The van der Waals surface area contributed by atoms with Gasteiger partial charge in [-0.2, -0.15) is 0 Å². The van der Waals surface area contributed by atoms with Crippen molar-refractivity contribution in [2.75, 3.05) is 20.1 Å². The maximum Gasteiger partial charge on any atom is 0.263 e. The van der Waals surface area contributed by atoms with Gasteiger partial charge in [-0.3, -0.25) is 9.59 Å². The Bertz CT molecular complexity index is 515. The zero-order chi connectivity index (χ0) is 14.7. The van der Waals surface area contributed by atoms with E-state index in [1.54, 1.807) is 43.1 Å². The summed E-state index contributed by atoms with van der Waals surface area (Å²) in [6.07, 6.45) is -0.625. The molecule has 1 fully saturated rings. The molecule has 1 heterocycles. The molecule has 1 aromatic carbocycles. The summed E-state index contributed by atoms with van der Waals surface area (Å²) in [5.74, 6) is 0.202. The van der Waals surface area contributed by atoms with E-state index in [-0.39, 0.29) is 17.7 Å². The Morgan fingerprint density at radius 3 is 2.65 bits per heavy atom. The highest BCUT2D eigenvalue weighted by atomic mass is 35.5. The van der Waals surface area contributed by atoms with Crippen LogP contribution in [0.5, 0.6) is 5.75 Å². The first-order chi connectivity index (χ1) is 9.52. The van der Waals surface area contributed by atoms with Gasteiger partial charge in [0.05, 0.1) is 10.9 Å². The largest absolute Gasteiger partial charge is 0.479 e. The van der Waals surface area contributed by atoms with Crippen molar-refractivity contribution < 1.29 is 14.3 Å².